The number of morpholine rings is 1. The van der Waals surface area contributed by atoms with Gasteiger partial charge in [0.15, 0.2) is 0 Å². The van der Waals surface area contributed by atoms with Crippen LogP contribution in [0.2, 0.25) is 0 Å². The van der Waals surface area contributed by atoms with Crippen molar-refractivity contribution < 1.29 is 9.53 Å². The molecule has 100 valence electrons. The Labute approximate surface area is 104 Å². The number of nitrogens with zero attached hydrogens (tertiary/aromatic N) is 1. The molecule has 0 aromatic heterocycles. The molecule has 3 N–H and O–H groups in total. The van der Waals surface area contributed by atoms with Crippen LogP contribution in [0.3, 0.4) is 0 Å². The minimum absolute atomic E-state index is 0.0322. The Kier molecular flexibility index (Phi) is 6.47. The number of hydrogen-bond acceptors (Lipinski definition) is 4. The van der Waals surface area contributed by atoms with Crippen molar-refractivity contribution in [2.45, 2.75) is 32.9 Å². The van der Waals surface area contributed by atoms with Gasteiger partial charge in [0, 0.05) is 26.1 Å². The van der Waals surface area contributed by atoms with E-state index in [4.69, 9.17) is 10.5 Å². The first-order valence-electron chi connectivity index (χ1n) is 6.47. The zero-order chi connectivity index (χ0) is 12.7. The number of nitrogens with two attached hydrogens (primary N) is 1. The van der Waals surface area contributed by atoms with Crippen molar-refractivity contribution in [1.82, 2.24) is 10.2 Å². The summed E-state index contributed by atoms with van der Waals surface area (Å²) in [5.74, 6) is 0.599. The minimum atomic E-state index is -0.0322. The number of hydrogen-bond donors (Lipinski definition) is 2. The lowest BCUT2D eigenvalue weighted by Gasteiger charge is -2.32. The number of rotatable bonds is 6. The highest BCUT2D eigenvalue weighted by Gasteiger charge is 2.18. The van der Waals surface area contributed by atoms with Crippen molar-refractivity contribution >= 4 is 5.91 Å². The quantitative estimate of drug-likeness (QED) is 0.697. The van der Waals surface area contributed by atoms with E-state index in [0.717, 1.165) is 26.1 Å². The Balaban J connectivity index is 2.12. The molecule has 0 aromatic rings. The molecule has 2 atom stereocenters. The molecule has 0 saturated carbocycles. The van der Waals surface area contributed by atoms with E-state index in [1.165, 1.54) is 0 Å². The van der Waals surface area contributed by atoms with E-state index in [2.05, 4.69) is 24.1 Å². The minimum Gasteiger partial charge on any atom is -0.377 e. The predicted octanol–water partition coefficient (Wildman–Crippen LogP) is 0.156. The van der Waals surface area contributed by atoms with Crippen molar-refractivity contribution in [2.24, 2.45) is 11.7 Å². The molecular formula is C12H25N3O2. The van der Waals surface area contributed by atoms with Crippen LogP contribution in [0.5, 0.6) is 0 Å². The summed E-state index contributed by atoms with van der Waals surface area (Å²) in [5.41, 5.74) is 5.89. The van der Waals surface area contributed by atoms with Gasteiger partial charge >= 0.3 is 0 Å². The van der Waals surface area contributed by atoms with E-state index >= 15 is 0 Å². The second-order valence-corrected chi connectivity index (χ2v) is 4.75. The lowest BCUT2D eigenvalue weighted by molar-refractivity contribution is -0.122. The van der Waals surface area contributed by atoms with Gasteiger partial charge in [-0.15, -0.1) is 0 Å². The highest BCUT2D eigenvalue weighted by Crippen LogP contribution is 2.05. The standard InChI is InChI=1S/C12H25N3O2/c1-3-10(2)8-12(16)14-4-5-15-6-7-17-9-11(15)13/h10-11H,3-9,13H2,1-2H3,(H,14,16). The summed E-state index contributed by atoms with van der Waals surface area (Å²) in [7, 11) is 0. The SMILES string of the molecule is CCC(C)CC(=O)NCCN1CCOCC1N. The summed E-state index contributed by atoms with van der Waals surface area (Å²) in [6.45, 7) is 7.83. The molecule has 0 radical (unpaired) electrons. The van der Waals surface area contributed by atoms with Crippen LogP contribution in [0.15, 0.2) is 0 Å². The van der Waals surface area contributed by atoms with Gasteiger partial charge in [0.25, 0.3) is 0 Å². The first-order valence-corrected chi connectivity index (χ1v) is 6.47. The van der Waals surface area contributed by atoms with Crippen molar-refractivity contribution in [3.8, 4) is 0 Å². The lowest BCUT2D eigenvalue weighted by atomic mass is 10.1. The Morgan fingerprint density at radius 1 is 1.65 bits per heavy atom. The largest absolute Gasteiger partial charge is 0.377 e. The smallest absolute Gasteiger partial charge is 0.220 e. The first-order chi connectivity index (χ1) is 8.13. The van der Waals surface area contributed by atoms with Crippen molar-refractivity contribution in [3.05, 3.63) is 0 Å². The molecule has 1 aliphatic rings. The van der Waals surface area contributed by atoms with Crippen LogP contribution in [-0.2, 0) is 9.53 Å². The number of carbonyl (C=O) groups excluding carboxylic acids is 1. The molecule has 0 aromatic carbocycles. The molecule has 1 aliphatic heterocycles. The zero-order valence-corrected chi connectivity index (χ0v) is 10.9. The van der Waals surface area contributed by atoms with Gasteiger partial charge in [0.05, 0.1) is 19.4 Å². The lowest BCUT2D eigenvalue weighted by Crippen LogP contribution is -2.52. The molecule has 5 heteroatoms. The van der Waals surface area contributed by atoms with Gasteiger partial charge in [-0.3, -0.25) is 9.69 Å². The van der Waals surface area contributed by atoms with Crippen LogP contribution in [-0.4, -0.2) is 49.8 Å². The second-order valence-electron chi connectivity index (χ2n) is 4.75. The predicted molar refractivity (Wildman–Crippen MR) is 67.4 cm³/mol. The molecule has 5 nitrogen and oxygen atoms in total. The van der Waals surface area contributed by atoms with Crippen molar-refractivity contribution in [1.29, 1.82) is 0 Å². The molecule has 1 amide bonds. The third kappa shape index (κ3) is 5.48. The van der Waals surface area contributed by atoms with Crippen molar-refractivity contribution in [2.75, 3.05) is 32.8 Å². The van der Waals surface area contributed by atoms with E-state index in [1.54, 1.807) is 0 Å². The first kappa shape index (κ1) is 14.4. The van der Waals surface area contributed by atoms with E-state index in [-0.39, 0.29) is 12.1 Å². The van der Waals surface area contributed by atoms with Gasteiger partial charge in [-0.05, 0) is 5.92 Å². The molecule has 2 unspecified atom stereocenters. The van der Waals surface area contributed by atoms with Crippen LogP contribution in [0, 0.1) is 5.92 Å². The fraction of sp³-hybridized carbons (Fsp3) is 0.917. The van der Waals surface area contributed by atoms with Crippen LogP contribution >= 0.6 is 0 Å². The topological polar surface area (TPSA) is 67.6 Å². The van der Waals surface area contributed by atoms with E-state index in [9.17, 15) is 4.79 Å². The fourth-order valence-corrected chi connectivity index (χ4v) is 1.81. The third-order valence-electron chi connectivity index (χ3n) is 3.23. The Hall–Kier alpha value is -0.650. The number of nitrogens with one attached hydrogen (secondary N) is 1. The van der Waals surface area contributed by atoms with Gasteiger partial charge in [-0.2, -0.15) is 0 Å². The van der Waals surface area contributed by atoms with Crippen LogP contribution in [0.4, 0.5) is 0 Å². The van der Waals surface area contributed by atoms with Gasteiger partial charge in [-0.1, -0.05) is 20.3 Å². The Morgan fingerprint density at radius 3 is 3.06 bits per heavy atom. The summed E-state index contributed by atoms with van der Waals surface area (Å²) in [6.07, 6.45) is 1.63. The molecule has 1 saturated heterocycles. The van der Waals surface area contributed by atoms with Crippen molar-refractivity contribution in [3.63, 3.8) is 0 Å². The molecule has 0 bridgehead atoms. The second kappa shape index (κ2) is 7.63. The number of carbonyl (C=O) groups is 1. The summed E-state index contributed by atoms with van der Waals surface area (Å²) in [4.78, 5) is 13.7. The summed E-state index contributed by atoms with van der Waals surface area (Å²) >= 11 is 0. The van der Waals surface area contributed by atoms with E-state index < -0.39 is 0 Å². The maximum atomic E-state index is 11.5. The average Bonchev–Trinajstić information content (AvgIpc) is 2.31. The fourth-order valence-electron chi connectivity index (χ4n) is 1.81. The van der Waals surface area contributed by atoms with Gasteiger partial charge in [0.2, 0.25) is 5.91 Å². The summed E-state index contributed by atoms with van der Waals surface area (Å²) < 4.78 is 5.25. The zero-order valence-electron chi connectivity index (χ0n) is 10.9. The summed E-state index contributed by atoms with van der Waals surface area (Å²) in [6, 6.07) is 0. The molecule has 1 heterocycles. The van der Waals surface area contributed by atoms with Crippen LogP contribution < -0.4 is 11.1 Å². The number of amides is 1. The monoisotopic (exact) mass is 243 g/mol. The molecule has 0 aliphatic carbocycles. The van der Waals surface area contributed by atoms with E-state index in [0.29, 0.717) is 25.5 Å². The normalized spacial score (nSPS) is 23.4. The molecular weight excluding hydrogens is 218 g/mol. The maximum absolute atomic E-state index is 11.5. The Morgan fingerprint density at radius 2 is 2.41 bits per heavy atom. The van der Waals surface area contributed by atoms with Gasteiger partial charge < -0.3 is 15.8 Å². The highest BCUT2D eigenvalue weighted by molar-refractivity contribution is 5.76. The number of ether oxygens (including phenoxy) is 1. The molecule has 17 heavy (non-hydrogen) atoms. The highest BCUT2D eigenvalue weighted by atomic mass is 16.5. The molecule has 1 fully saturated rings. The van der Waals surface area contributed by atoms with Crippen LogP contribution in [0.25, 0.3) is 0 Å². The maximum Gasteiger partial charge on any atom is 0.220 e. The molecule has 1 rings (SSSR count). The average molecular weight is 243 g/mol. The van der Waals surface area contributed by atoms with Gasteiger partial charge in [0.1, 0.15) is 0 Å². The molecule has 0 spiro atoms. The Bertz CT molecular complexity index is 236. The third-order valence-corrected chi connectivity index (χ3v) is 3.23. The van der Waals surface area contributed by atoms with E-state index in [1.807, 2.05) is 0 Å². The van der Waals surface area contributed by atoms with Crippen LogP contribution in [0.1, 0.15) is 26.7 Å². The van der Waals surface area contributed by atoms with Gasteiger partial charge in [-0.25, -0.2) is 0 Å². The summed E-state index contributed by atoms with van der Waals surface area (Å²) in [5, 5.41) is 2.94.